The average Bonchev–Trinajstić information content (AvgIpc) is 2.72. The second kappa shape index (κ2) is 11.1. The normalized spacial score (nSPS) is 17.5. The van der Waals surface area contributed by atoms with Crippen molar-refractivity contribution in [3.8, 4) is 11.5 Å². The number of ether oxygens (including phenoxy) is 2. The maximum Gasteiger partial charge on any atom is 0.320 e. The van der Waals surface area contributed by atoms with Crippen molar-refractivity contribution >= 4 is 41.6 Å². The van der Waals surface area contributed by atoms with Crippen LogP contribution in [0.25, 0.3) is 0 Å². The number of halogens is 3. The molecule has 1 aliphatic rings. The summed E-state index contributed by atoms with van der Waals surface area (Å²) < 4.78 is 11.3. The molecule has 2 atom stereocenters. The van der Waals surface area contributed by atoms with E-state index in [9.17, 15) is 15.1 Å². The molecule has 1 aliphatic heterocycles. The maximum absolute atomic E-state index is 12.0. The summed E-state index contributed by atoms with van der Waals surface area (Å²) in [6.45, 7) is 0.625. The molecule has 0 saturated carbocycles. The van der Waals surface area contributed by atoms with Crippen molar-refractivity contribution in [2.45, 2.75) is 37.8 Å². The van der Waals surface area contributed by atoms with Crippen molar-refractivity contribution in [3.63, 3.8) is 0 Å². The molecule has 3 rings (SSSR count). The summed E-state index contributed by atoms with van der Waals surface area (Å²) >= 11 is 12.7. The Bertz CT molecular complexity index is 905. The number of methoxy groups -OCH3 is 2. The van der Waals surface area contributed by atoms with Crippen LogP contribution in [-0.4, -0.2) is 42.8 Å². The van der Waals surface area contributed by atoms with Crippen LogP contribution in [0.3, 0.4) is 0 Å². The molecule has 0 aliphatic carbocycles. The Kier molecular flexibility index (Phi) is 9.06. The standard InChI is InChI=1S/C21H24Cl2N2O5.ClH/c1-29-19-7-6-13(9-20(19)30-2)18(25-8-4-3-5-17(25)21(26)27)10-14-15(22)11-24(28)12-16(14)23;/h6-7,9,11-12,17-18H,3-5,8,10H2,1-2H3,(H,26,27);1H/t17-,18-;/m0./s1. The number of carboxylic acids is 1. The fourth-order valence-corrected chi connectivity index (χ4v) is 4.60. The summed E-state index contributed by atoms with van der Waals surface area (Å²) in [4.78, 5) is 13.9. The zero-order chi connectivity index (χ0) is 21.8. The molecule has 1 saturated heterocycles. The van der Waals surface area contributed by atoms with Crippen LogP contribution in [0.2, 0.25) is 10.0 Å². The van der Waals surface area contributed by atoms with Crippen LogP contribution in [0, 0.1) is 5.21 Å². The highest BCUT2D eigenvalue weighted by atomic mass is 35.5. The minimum absolute atomic E-state index is 0. The minimum atomic E-state index is -0.858. The summed E-state index contributed by atoms with van der Waals surface area (Å²) in [6.07, 6.45) is 5.16. The summed E-state index contributed by atoms with van der Waals surface area (Å²) in [5.74, 6) is 0.269. The van der Waals surface area contributed by atoms with Gasteiger partial charge in [0.25, 0.3) is 0 Å². The van der Waals surface area contributed by atoms with E-state index in [-0.39, 0.29) is 28.5 Å². The first-order valence-corrected chi connectivity index (χ1v) is 10.4. The van der Waals surface area contributed by atoms with Crippen LogP contribution in [0.15, 0.2) is 30.6 Å². The van der Waals surface area contributed by atoms with Gasteiger partial charge in [0.2, 0.25) is 0 Å². The molecule has 0 unspecified atom stereocenters. The third-order valence-corrected chi connectivity index (χ3v) is 6.13. The van der Waals surface area contributed by atoms with E-state index in [4.69, 9.17) is 32.7 Å². The summed E-state index contributed by atoms with van der Waals surface area (Å²) in [6, 6.07) is 4.57. The molecule has 1 aromatic heterocycles. The molecule has 170 valence electrons. The number of aromatic nitrogens is 1. The fraction of sp³-hybridized carbons (Fsp3) is 0.429. The highest BCUT2D eigenvalue weighted by Gasteiger charge is 2.35. The monoisotopic (exact) mass is 490 g/mol. The first kappa shape index (κ1) is 25.3. The van der Waals surface area contributed by atoms with E-state index in [0.717, 1.165) is 18.4 Å². The van der Waals surface area contributed by atoms with Gasteiger partial charge in [0.05, 0.1) is 14.2 Å². The number of aliphatic carboxylic acids is 1. The van der Waals surface area contributed by atoms with Gasteiger partial charge in [-0.3, -0.25) is 9.69 Å². The molecule has 2 aromatic rings. The lowest BCUT2D eigenvalue weighted by Gasteiger charge is -2.39. The lowest BCUT2D eigenvalue weighted by Crippen LogP contribution is -2.47. The molecular formula is C21H25Cl3N2O5. The largest absolute Gasteiger partial charge is 0.619 e. The second-order valence-corrected chi connectivity index (χ2v) is 8.03. The Hall–Kier alpha value is -1.93. The number of pyridine rings is 1. The highest BCUT2D eigenvalue weighted by molar-refractivity contribution is 6.35. The van der Waals surface area contributed by atoms with Gasteiger partial charge in [0.1, 0.15) is 16.1 Å². The van der Waals surface area contributed by atoms with Crippen LogP contribution in [0.1, 0.15) is 36.4 Å². The summed E-state index contributed by atoms with van der Waals surface area (Å²) in [5, 5.41) is 21.9. The fourth-order valence-electron chi connectivity index (χ4n) is 4.00. The third kappa shape index (κ3) is 5.66. The quantitative estimate of drug-likeness (QED) is 0.459. The number of hydrogen-bond acceptors (Lipinski definition) is 5. The number of nitrogens with zero attached hydrogens (tertiary/aromatic N) is 2. The van der Waals surface area contributed by atoms with E-state index in [1.54, 1.807) is 20.3 Å². The second-order valence-electron chi connectivity index (χ2n) is 7.21. The van der Waals surface area contributed by atoms with Crippen LogP contribution < -0.4 is 14.2 Å². The minimum Gasteiger partial charge on any atom is -0.619 e. The Morgan fingerprint density at radius 2 is 1.87 bits per heavy atom. The smallest absolute Gasteiger partial charge is 0.320 e. The van der Waals surface area contributed by atoms with E-state index in [0.29, 0.717) is 41.2 Å². The van der Waals surface area contributed by atoms with Gasteiger partial charge in [-0.1, -0.05) is 35.7 Å². The molecule has 0 spiro atoms. The van der Waals surface area contributed by atoms with E-state index in [1.807, 2.05) is 17.0 Å². The number of rotatable bonds is 7. The van der Waals surface area contributed by atoms with Gasteiger partial charge in [0, 0.05) is 11.6 Å². The SMILES string of the molecule is COc1ccc([C@H](Cc2c(Cl)c[n+]([O-])cc2Cl)N2CCCC[C@H]2C(=O)O)cc1OC.Cl. The number of piperidine rings is 1. The van der Waals surface area contributed by atoms with Crippen LogP contribution in [0.4, 0.5) is 0 Å². The molecule has 10 heteroatoms. The number of hydrogen-bond donors (Lipinski definition) is 1. The predicted molar refractivity (Wildman–Crippen MR) is 121 cm³/mol. The van der Waals surface area contributed by atoms with E-state index in [1.165, 1.54) is 12.4 Å². The van der Waals surface area contributed by atoms with Gasteiger partial charge < -0.3 is 19.8 Å². The molecule has 7 nitrogen and oxygen atoms in total. The van der Waals surface area contributed by atoms with E-state index >= 15 is 0 Å². The van der Waals surface area contributed by atoms with Crippen molar-refractivity contribution in [3.05, 3.63) is 57.0 Å². The van der Waals surface area contributed by atoms with Crippen molar-refractivity contribution in [2.75, 3.05) is 20.8 Å². The van der Waals surface area contributed by atoms with Crippen molar-refractivity contribution in [1.29, 1.82) is 0 Å². The molecule has 31 heavy (non-hydrogen) atoms. The Balaban J connectivity index is 0.00000341. The van der Waals surface area contributed by atoms with Gasteiger partial charge in [-0.15, -0.1) is 12.4 Å². The number of likely N-dealkylation sites (tertiary alicyclic amines) is 1. The first-order valence-electron chi connectivity index (χ1n) is 9.62. The lowest BCUT2D eigenvalue weighted by molar-refractivity contribution is -0.605. The average molecular weight is 492 g/mol. The Morgan fingerprint density at radius 3 is 2.45 bits per heavy atom. The predicted octanol–water partition coefficient (Wildman–Crippen LogP) is 4.29. The van der Waals surface area contributed by atoms with Crippen molar-refractivity contribution in [1.82, 2.24) is 4.90 Å². The number of carbonyl (C=O) groups is 1. The summed E-state index contributed by atoms with van der Waals surface area (Å²) in [7, 11) is 3.11. The van der Waals surface area contributed by atoms with Gasteiger partial charge >= 0.3 is 5.97 Å². The Morgan fingerprint density at radius 1 is 1.23 bits per heavy atom. The number of carboxylic acid groups (broad SMARTS) is 1. The van der Waals surface area contributed by atoms with Crippen molar-refractivity contribution in [2.24, 2.45) is 0 Å². The van der Waals surface area contributed by atoms with Gasteiger partial charge in [0.15, 0.2) is 23.9 Å². The van der Waals surface area contributed by atoms with Crippen molar-refractivity contribution < 1.29 is 24.1 Å². The molecule has 1 fully saturated rings. The topological polar surface area (TPSA) is 85.9 Å². The van der Waals surface area contributed by atoms with Gasteiger partial charge in [-0.25, -0.2) is 0 Å². The third-order valence-electron chi connectivity index (χ3n) is 5.48. The zero-order valence-corrected chi connectivity index (χ0v) is 19.5. The molecule has 1 N–H and O–H groups in total. The molecule has 0 amide bonds. The number of benzene rings is 1. The molecular weight excluding hydrogens is 467 g/mol. The highest BCUT2D eigenvalue weighted by Crippen LogP contribution is 2.38. The van der Waals surface area contributed by atoms with Crippen LogP contribution >= 0.6 is 35.6 Å². The zero-order valence-electron chi connectivity index (χ0n) is 17.2. The molecule has 0 radical (unpaired) electrons. The maximum atomic E-state index is 12.0. The summed E-state index contributed by atoms with van der Waals surface area (Å²) in [5.41, 5.74) is 1.45. The van der Waals surface area contributed by atoms with Crippen LogP contribution in [0.5, 0.6) is 11.5 Å². The van der Waals surface area contributed by atoms with Crippen LogP contribution in [-0.2, 0) is 11.2 Å². The lowest BCUT2D eigenvalue weighted by atomic mass is 9.92. The van der Waals surface area contributed by atoms with E-state index in [2.05, 4.69) is 0 Å². The Labute approximate surface area is 197 Å². The van der Waals surface area contributed by atoms with Gasteiger partial charge in [-0.05, 0) is 43.5 Å². The van der Waals surface area contributed by atoms with E-state index < -0.39 is 12.0 Å². The molecule has 1 aromatic carbocycles. The van der Waals surface area contributed by atoms with Gasteiger partial charge in [-0.2, -0.15) is 4.73 Å². The first-order chi connectivity index (χ1) is 14.3. The molecule has 0 bridgehead atoms. The molecule has 2 heterocycles.